The summed E-state index contributed by atoms with van der Waals surface area (Å²) < 4.78 is 110. The van der Waals surface area contributed by atoms with Gasteiger partial charge in [-0.15, -0.1) is 0 Å². The Morgan fingerprint density at radius 1 is 0.971 bits per heavy atom. The van der Waals surface area contributed by atoms with E-state index in [9.17, 15) is 39.6 Å². The first kappa shape index (κ1) is 25.2. The van der Waals surface area contributed by atoms with Gasteiger partial charge in [0.1, 0.15) is 6.10 Å². The molecule has 0 spiro atoms. The first-order chi connectivity index (χ1) is 16.2. The molecule has 1 aromatic heterocycles. The summed E-state index contributed by atoms with van der Waals surface area (Å²) in [5.74, 6) is -0.440. The highest BCUT2D eigenvalue weighted by molar-refractivity contribution is 7.89. The molecule has 0 bridgehead atoms. The topological polar surface area (TPSA) is 79.8 Å². The number of carbonyl (C=O) groups is 1. The van der Waals surface area contributed by atoms with Crippen LogP contribution in [-0.4, -0.2) is 60.3 Å². The fraction of sp³-hybridized carbons (Fsp3) is 0.429. The van der Waals surface area contributed by atoms with Crippen molar-refractivity contribution < 1.29 is 44.3 Å². The summed E-state index contributed by atoms with van der Waals surface area (Å²) in [5, 5.41) is 0. The number of carbonyl (C=O) groups excluding carboxylic acids is 1. The van der Waals surface area contributed by atoms with E-state index in [1.54, 1.807) is 0 Å². The van der Waals surface area contributed by atoms with E-state index in [2.05, 4.69) is 4.98 Å². The summed E-state index contributed by atoms with van der Waals surface area (Å²) >= 11 is 0. The number of pyridine rings is 1. The zero-order valence-electron chi connectivity index (χ0n) is 17.9. The number of rotatable bonds is 4. The van der Waals surface area contributed by atoms with Crippen molar-refractivity contribution in [3.05, 3.63) is 53.7 Å². The second kappa shape index (κ2) is 8.97. The molecule has 1 aromatic carbocycles. The van der Waals surface area contributed by atoms with Crippen molar-refractivity contribution in [2.75, 3.05) is 19.6 Å². The Labute approximate surface area is 196 Å². The normalized spacial score (nSPS) is 22.1. The highest BCUT2D eigenvalue weighted by atomic mass is 32.2. The fourth-order valence-corrected chi connectivity index (χ4v) is 5.64. The number of hydrogen-bond donors (Lipinski definition) is 0. The standard InChI is InChI=1S/C21H19F6N3O4S/c22-20(23,24)13-2-1-3-17(8-13)35(32,33)29-7-6-19(31)30-12-16(9-15(30)11-29)34-18-5-4-14(10-28-18)21(25,26)27/h1-5,8,10,15-16H,6-7,9,11-12H2/t15-,16+/m1/s1. The quantitative estimate of drug-likeness (QED) is 0.573. The second-order valence-corrected chi connectivity index (χ2v) is 10.1. The number of ether oxygens (including phenoxy) is 1. The van der Waals surface area contributed by atoms with Crippen LogP contribution in [0.25, 0.3) is 0 Å². The summed E-state index contributed by atoms with van der Waals surface area (Å²) in [7, 11) is -4.33. The molecule has 7 nitrogen and oxygen atoms in total. The molecule has 2 saturated heterocycles. The monoisotopic (exact) mass is 523 g/mol. The molecule has 1 amide bonds. The fourth-order valence-electron chi connectivity index (χ4n) is 4.12. The van der Waals surface area contributed by atoms with E-state index in [0.29, 0.717) is 12.3 Å². The lowest BCUT2D eigenvalue weighted by Gasteiger charge is -2.25. The molecule has 0 aliphatic carbocycles. The average Bonchev–Trinajstić information content (AvgIpc) is 3.10. The molecule has 35 heavy (non-hydrogen) atoms. The molecule has 2 aromatic rings. The van der Waals surface area contributed by atoms with Gasteiger partial charge < -0.3 is 9.64 Å². The Balaban J connectivity index is 1.49. The number of fused-ring (bicyclic) bond motifs is 1. The highest BCUT2D eigenvalue weighted by Gasteiger charge is 2.42. The minimum Gasteiger partial charge on any atom is -0.472 e. The van der Waals surface area contributed by atoms with Crippen molar-refractivity contribution >= 4 is 15.9 Å². The Morgan fingerprint density at radius 2 is 1.69 bits per heavy atom. The molecular formula is C21H19F6N3O4S. The van der Waals surface area contributed by atoms with Crippen LogP contribution < -0.4 is 4.74 Å². The van der Waals surface area contributed by atoms with Gasteiger partial charge in [0.05, 0.1) is 22.6 Å². The molecule has 2 aliphatic heterocycles. The second-order valence-electron chi connectivity index (χ2n) is 8.20. The lowest BCUT2D eigenvalue weighted by Crippen LogP contribution is -2.40. The van der Waals surface area contributed by atoms with E-state index < -0.39 is 50.5 Å². The summed E-state index contributed by atoms with van der Waals surface area (Å²) in [6, 6.07) is 4.62. The van der Waals surface area contributed by atoms with Crippen molar-refractivity contribution in [2.45, 2.75) is 42.2 Å². The van der Waals surface area contributed by atoms with Gasteiger partial charge in [-0.25, -0.2) is 13.4 Å². The van der Waals surface area contributed by atoms with Crippen LogP contribution in [0.1, 0.15) is 24.0 Å². The maximum Gasteiger partial charge on any atom is 0.417 e. The summed E-state index contributed by atoms with van der Waals surface area (Å²) in [4.78, 5) is 17.1. The summed E-state index contributed by atoms with van der Waals surface area (Å²) in [5.41, 5.74) is -2.06. The van der Waals surface area contributed by atoms with Crippen molar-refractivity contribution in [2.24, 2.45) is 0 Å². The van der Waals surface area contributed by atoms with Crippen LogP contribution in [0.15, 0.2) is 47.5 Å². The first-order valence-corrected chi connectivity index (χ1v) is 11.9. The molecule has 0 N–H and O–H groups in total. The van der Waals surface area contributed by atoms with Crippen LogP contribution in [-0.2, 0) is 27.2 Å². The molecule has 14 heteroatoms. The molecule has 3 heterocycles. The van der Waals surface area contributed by atoms with E-state index in [4.69, 9.17) is 4.74 Å². The van der Waals surface area contributed by atoms with Crippen LogP contribution in [0, 0.1) is 0 Å². The Morgan fingerprint density at radius 3 is 2.31 bits per heavy atom. The van der Waals surface area contributed by atoms with Gasteiger partial charge in [-0.2, -0.15) is 30.6 Å². The summed E-state index contributed by atoms with van der Waals surface area (Å²) in [6.07, 6.45) is -9.32. The van der Waals surface area contributed by atoms with Gasteiger partial charge in [-0.1, -0.05) is 6.07 Å². The third kappa shape index (κ3) is 5.37. The van der Waals surface area contributed by atoms with Gasteiger partial charge in [0.15, 0.2) is 0 Å². The smallest absolute Gasteiger partial charge is 0.417 e. The minimum absolute atomic E-state index is 0.0731. The molecule has 0 unspecified atom stereocenters. The zero-order valence-corrected chi connectivity index (χ0v) is 18.7. The van der Waals surface area contributed by atoms with Gasteiger partial charge in [0.25, 0.3) is 0 Å². The average molecular weight is 523 g/mol. The minimum atomic E-state index is -4.72. The maximum atomic E-state index is 13.1. The van der Waals surface area contributed by atoms with Crippen LogP contribution in [0.2, 0.25) is 0 Å². The number of halogens is 6. The number of aromatic nitrogens is 1. The van der Waals surface area contributed by atoms with Crippen LogP contribution >= 0.6 is 0 Å². The highest BCUT2D eigenvalue weighted by Crippen LogP contribution is 2.33. The number of alkyl halides is 6. The maximum absolute atomic E-state index is 13.1. The molecule has 4 rings (SSSR count). The lowest BCUT2D eigenvalue weighted by atomic mass is 10.2. The van der Waals surface area contributed by atoms with Crippen LogP contribution in [0.4, 0.5) is 26.3 Å². The third-order valence-electron chi connectivity index (χ3n) is 5.84. The van der Waals surface area contributed by atoms with E-state index in [1.807, 2.05) is 0 Å². The van der Waals surface area contributed by atoms with Gasteiger partial charge in [0, 0.05) is 44.2 Å². The van der Waals surface area contributed by atoms with Crippen molar-refractivity contribution in [3.8, 4) is 5.88 Å². The largest absolute Gasteiger partial charge is 0.472 e. The van der Waals surface area contributed by atoms with E-state index in [1.165, 1.54) is 4.90 Å². The first-order valence-electron chi connectivity index (χ1n) is 10.4. The number of sulfonamides is 1. The molecular weight excluding hydrogens is 504 g/mol. The third-order valence-corrected chi connectivity index (χ3v) is 7.70. The van der Waals surface area contributed by atoms with Crippen molar-refractivity contribution in [1.82, 2.24) is 14.2 Å². The zero-order chi connectivity index (χ0) is 25.6. The molecule has 0 saturated carbocycles. The lowest BCUT2D eigenvalue weighted by molar-refractivity contribution is -0.138. The molecule has 2 atom stereocenters. The Hall–Kier alpha value is -2.87. The predicted octanol–water partition coefficient (Wildman–Crippen LogP) is 3.56. The molecule has 0 radical (unpaired) electrons. The van der Waals surface area contributed by atoms with Gasteiger partial charge in [-0.05, 0) is 24.3 Å². The van der Waals surface area contributed by atoms with Gasteiger partial charge in [-0.3, -0.25) is 4.79 Å². The predicted molar refractivity (Wildman–Crippen MR) is 109 cm³/mol. The number of amides is 1. The van der Waals surface area contributed by atoms with Gasteiger partial charge in [0.2, 0.25) is 21.8 Å². The van der Waals surface area contributed by atoms with Gasteiger partial charge >= 0.3 is 12.4 Å². The molecule has 2 fully saturated rings. The van der Waals surface area contributed by atoms with E-state index in [0.717, 1.165) is 34.6 Å². The van der Waals surface area contributed by atoms with Crippen LogP contribution in [0.5, 0.6) is 5.88 Å². The Kier molecular flexibility index (Phi) is 6.47. The molecule has 190 valence electrons. The van der Waals surface area contributed by atoms with Crippen molar-refractivity contribution in [1.29, 1.82) is 0 Å². The number of hydrogen-bond acceptors (Lipinski definition) is 5. The van der Waals surface area contributed by atoms with E-state index >= 15 is 0 Å². The van der Waals surface area contributed by atoms with Crippen LogP contribution in [0.3, 0.4) is 0 Å². The number of benzene rings is 1. The number of nitrogens with zero attached hydrogens (tertiary/aromatic N) is 3. The summed E-state index contributed by atoms with van der Waals surface area (Å²) in [6.45, 7) is -0.287. The van der Waals surface area contributed by atoms with Crippen molar-refractivity contribution in [3.63, 3.8) is 0 Å². The van der Waals surface area contributed by atoms with E-state index in [-0.39, 0.29) is 44.3 Å². The Bertz CT molecular complexity index is 1200. The SMILES string of the molecule is O=C1CCN(S(=O)(=O)c2cccc(C(F)(F)F)c2)C[C@H]2C[C@H](Oc3ccc(C(F)(F)F)cn3)CN12. The molecule has 2 aliphatic rings.